The molecule has 162 valence electrons. The molecule has 8 heteroatoms. The van der Waals surface area contributed by atoms with Gasteiger partial charge in [-0.3, -0.25) is 9.10 Å². The standard InChI is InChI=1S/C22H28N2O5S/c1-5-19(24(30(4,26)27)17-11-10-15(2)16(3)12-17)22(25)23-13-18-14-28-20-8-6-7-9-21(20)29-18/h6-12,18-19H,5,13-14H2,1-4H3,(H,23,25)/t18-,19-/m1/s1. The van der Waals surface area contributed by atoms with Crippen LogP contribution in [0.25, 0.3) is 0 Å². The first kappa shape index (κ1) is 22.0. The number of para-hydroxylation sites is 2. The Morgan fingerprint density at radius 2 is 1.87 bits per heavy atom. The van der Waals surface area contributed by atoms with Crippen LogP contribution in [0.2, 0.25) is 0 Å². The summed E-state index contributed by atoms with van der Waals surface area (Å²) in [4.78, 5) is 13.0. The number of hydrogen-bond donors (Lipinski definition) is 1. The fourth-order valence-corrected chi connectivity index (χ4v) is 4.62. The second kappa shape index (κ2) is 8.95. The first-order chi connectivity index (χ1) is 14.2. The Labute approximate surface area is 178 Å². The Hall–Kier alpha value is -2.74. The van der Waals surface area contributed by atoms with Gasteiger partial charge in [0.15, 0.2) is 11.5 Å². The van der Waals surface area contributed by atoms with Crippen molar-refractivity contribution < 1.29 is 22.7 Å². The quantitative estimate of drug-likeness (QED) is 0.727. The van der Waals surface area contributed by atoms with Crippen LogP contribution < -0.4 is 19.1 Å². The molecule has 2 atom stereocenters. The maximum Gasteiger partial charge on any atom is 0.244 e. The van der Waals surface area contributed by atoms with Crippen molar-refractivity contribution in [3.05, 3.63) is 53.6 Å². The van der Waals surface area contributed by atoms with Crippen molar-refractivity contribution in [1.29, 1.82) is 0 Å². The molecule has 0 spiro atoms. The Morgan fingerprint density at radius 3 is 2.50 bits per heavy atom. The molecule has 2 aromatic carbocycles. The summed E-state index contributed by atoms with van der Waals surface area (Å²) in [6.07, 6.45) is 1.10. The summed E-state index contributed by atoms with van der Waals surface area (Å²) < 4.78 is 37.9. The van der Waals surface area contributed by atoms with Crippen molar-refractivity contribution in [2.24, 2.45) is 0 Å². The Morgan fingerprint density at radius 1 is 1.17 bits per heavy atom. The zero-order valence-electron chi connectivity index (χ0n) is 17.7. The lowest BCUT2D eigenvalue weighted by molar-refractivity contribution is -0.122. The summed E-state index contributed by atoms with van der Waals surface area (Å²) in [7, 11) is -3.67. The minimum atomic E-state index is -3.67. The molecule has 3 rings (SSSR count). The minimum absolute atomic E-state index is 0.216. The van der Waals surface area contributed by atoms with E-state index in [1.165, 1.54) is 4.31 Å². The monoisotopic (exact) mass is 432 g/mol. The third kappa shape index (κ3) is 4.87. The first-order valence-corrected chi connectivity index (χ1v) is 11.8. The van der Waals surface area contributed by atoms with Gasteiger partial charge in [0.1, 0.15) is 18.8 Å². The smallest absolute Gasteiger partial charge is 0.244 e. The molecule has 7 nitrogen and oxygen atoms in total. The van der Waals surface area contributed by atoms with Crippen LogP contribution in [0.4, 0.5) is 5.69 Å². The molecule has 1 amide bonds. The molecule has 0 aromatic heterocycles. The number of sulfonamides is 1. The van der Waals surface area contributed by atoms with Crippen LogP contribution in [-0.2, 0) is 14.8 Å². The predicted octanol–water partition coefficient (Wildman–Crippen LogP) is 2.80. The molecule has 0 aliphatic carbocycles. The van der Waals surface area contributed by atoms with Gasteiger partial charge >= 0.3 is 0 Å². The summed E-state index contributed by atoms with van der Waals surface area (Å²) in [5.74, 6) is 0.927. The van der Waals surface area contributed by atoms with Crippen LogP contribution in [-0.4, -0.2) is 45.9 Å². The summed E-state index contributed by atoms with van der Waals surface area (Å²) >= 11 is 0. The third-order valence-electron chi connectivity index (χ3n) is 5.15. The fourth-order valence-electron chi connectivity index (χ4n) is 3.42. The van der Waals surface area contributed by atoms with E-state index >= 15 is 0 Å². The molecule has 0 unspecified atom stereocenters. The number of nitrogens with zero attached hydrogens (tertiary/aromatic N) is 1. The van der Waals surface area contributed by atoms with Gasteiger partial charge in [0.25, 0.3) is 0 Å². The number of carbonyl (C=O) groups is 1. The summed E-state index contributed by atoms with van der Waals surface area (Å²) in [6.45, 7) is 6.19. The number of amides is 1. The lowest BCUT2D eigenvalue weighted by atomic mass is 10.1. The van der Waals surface area contributed by atoms with Crippen molar-refractivity contribution >= 4 is 21.6 Å². The van der Waals surface area contributed by atoms with E-state index in [-0.39, 0.29) is 18.6 Å². The highest BCUT2D eigenvalue weighted by atomic mass is 32.2. The van der Waals surface area contributed by atoms with Gasteiger partial charge in [-0.1, -0.05) is 25.1 Å². The highest BCUT2D eigenvalue weighted by Gasteiger charge is 2.32. The SMILES string of the molecule is CC[C@H](C(=O)NC[C@@H]1COc2ccccc2O1)N(c1ccc(C)c(C)c1)S(C)(=O)=O. The Balaban J connectivity index is 1.74. The summed E-state index contributed by atoms with van der Waals surface area (Å²) in [6, 6.07) is 11.9. The number of carbonyl (C=O) groups excluding carboxylic acids is 1. The van der Waals surface area contributed by atoms with E-state index < -0.39 is 16.1 Å². The van der Waals surface area contributed by atoms with E-state index in [0.29, 0.717) is 30.2 Å². The lowest BCUT2D eigenvalue weighted by Crippen LogP contribution is -2.51. The number of fused-ring (bicyclic) bond motifs is 1. The van der Waals surface area contributed by atoms with Crippen LogP contribution in [0.1, 0.15) is 24.5 Å². The largest absolute Gasteiger partial charge is 0.486 e. The summed E-state index contributed by atoms with van der Waals surface area (Å²) in [5.41, 5.74) is 2.50. The minimum Gasteiger partial charge on any atom is -0.486 e. The van der Waals surface area contributed by atoms with Gasteiger partial charge in [-0.2, -0.15) is 0 Å². The molecule has 1 aliphatic heterocycles. The number of anilines is 1. The number of aryl methyl sites for hydroxylation is 2. The molecule has 0 radical (unpaired) electrons. The molecular weight excluding hydrogens is 404 g/mol. The van der Waals surface area contributed by atoms with Crippen LogP contribution in [0.15, 0.2) is 42.5 Å². The van der Waals surface area contributed by atoms with Crippen molar-refractivity contribution in [3.8, 4) is 11.5 Å². The number of rotatable bonds is 7. The van der Waals surface area contributed by atoms with E-state index in [2.05, 4.69) is 5.32 Å². The number of nitrogens with one attached hydrogen (secondary N) is 1. The van der Waals surface area contributed by atoms with Crippen LogP contribution in [0.5, 0.6) is 11.5 Å². The number of ether oxygens (including phenoxy) is 2. The molecular formula is C22H28N2O5S. The maximum atomic E-state index is 13.0. The molecule has 0 bridgehead atoms. The number of hydrogen-bond acceptors (Lipinski definition) is 5. The van der Waals surface area contributed by atoms with E-state index in [9.17, 15) is 13.2 Å². The van der Waals surface area contributed by atoms with Gasteiger partial charge in [-0.05, 0) is 55.7 Å². The lowest BCUT2D eigenvalue weighted by Gasteiger charge is -2.31. The maximum absolute atomic E-state index is 13.0. The number of benzene rings is 2. The molecule has 1 aliphatic rings. The van der Waals surface area contributed by atoms with Gasteiger partial charge in [-0.25, -0.2) is 8.42 Å². The first-order valence-electron chi connectivity index (χ1n) is 9.93. The summed E-state index contributed by atoms with van der Waals surface area (Å²) in [5, 5.41) is 2.83. The van der Waals surface area contributed by atoms with Crippen LogP contribution in [0, 0.1) is 13.8 Å². The van der Waals surface area contributed by atoms with Gasteiger partial charge < -0.3 is 14.8 Å². The van der Waals surface area contributed by atoms with Crippen molar-refractivity contribution in [1.82, 2.24) is 5.32 Å². The van der Waals surface area contributed by atoms with Crippen molar-refractivity contribution in [2.45, 2.75) is 39.3 Å². The second-order valence-corrected chi connectivity index (χ2v) is 9.35. The zero-order chi connectivity index (χ0) is 21.9. The molecule has 1 heterocycles. The molecule has 0 fully saturated rings. The fraction of sp³-hybridized carbons (Fsp3) is 0.409. The van der Waals surface area contributed by atoms with Crippen molar-refractivity contribution in [2.75, 3.05) is 23.7 Å². The molecule has 2 aromatic rings. The van der Waals surface area contributed by atoms with E-state index in [1.807, 2.05) is 44.2 Å². The normalized spacial score (nSPS) is 16.6. The second-order valence-electron chi connectivity index (χ2n) is 7.49. The van der Waals surface area contributed by atoms with E-state index in [4.69, 9.17) is 9.47 Å². The topological polar surface area (TPSA) is 84.9 Å². The van der Waals surface area contributed by atoms with E-state index in [1.54, 1.807) is 19.1 Å². The van der Waals surface area contributed by atoms with Crippen molar-refractivity contribution in [3.63, 3.8) is 0 Å². The third-order valence-corrected chi connectivity index (χ3v) is 6.33. The highest BCUT2D eigenvalue weighted by Crippen LogP contribution is 2.30. The molecule has 0 saturated carbocycles. The van der Waals surface area contributed by atoms with Gasteiger partial charge in [-0.15, -0.1) is 0 Å². The molecule has 30 heavy (non-hydrogen) atoms. The predicted molar refractivity (Wildman–Crippen MR) is 117 cm³/mol. The van der Waals surface area contributed by atoms with Gasteiger partial charge in [0, 0.05) is 0 Å². The zero-order valence-corrected chi connectivity index (χ0v) is 18.5. The van der Waals surface area contributed by atoms with Gasteiger partial charge in [0.2, 0.25) is 15.9 Å². The Bertz CT molecular complexity index is 1020. The molecule has 1 N–H and O–H groups in total. The Kier molecular flexibility index (Phi) is 6.55. The van der Waals surface area contributed by atoms with Crippen LogP contribution in [0.3, 0.4) is 0 Å². The highest BCUT2D eigenvalue weighted by molar-refractivity contribution is 7.92. The molecule has 0 saturated heterocycles. The average Bonchev–Trinajstić information content (AvgIpc) is 2.71. The van der Waals surface area contributed by atoms with Gasteiger partial charge in [0.05, 0.1) is 18.5 Å². The van der Waals surface area contributed by atoms with E-state index in [0.717, 1.165) is 17.4 Å². The van der Waals surface area contributed by atoms with Crippen LogP contribution >= 0.6 is 0 Å². The average molecular weight is 433 g/mol.